The number of aliphatic hydroxyl groups is 1. The molecule has 3 saturated heterocycles. The lowest BCUT2D eigenvalue weighted by Crippen LogP contribution is -2.61. The number of nitrogens with two attached hydrogens (primary N) is 1. The smallest absolute Gasteiger partial charge is 0.315 e. The lowest BCUT2D eigenvalue weighted by Gasteiger charge is -2.29. The maximum absolute atomic E-state index is 15.2. The molecule has 3 fully saturated rings. The van der Waals surface area contributed by atoms with Crippen molar-refractivity contribution in [2.24, 2.45) is 23.5 Å². The molecule has 3 aromatic heterocycles. The highest BCUT2D eigenvalue weighted by Crippen LogP contribution is 2.34. The highest BCUT2D eigenvalue weighted by molar-refractivity contribution is 8.00. The van der Waals surface area contributed by atoms with Gasteiger partial charge in [-0.05, 0) is 111 Å². The van der Waals surface area contributed by atoms with Gasteiger partial charge < -0.3 is 126 Å². The first-order valence-corrected chi connectivity index (χ1v) is 46.6. The number of carbonyl (C=O) groups is 19. The van der Waals surface area contributed by atoms with Crippen molar-refractivity contribution in [3.63, 3.8) is 0 Å². The van der Waals surface area contributed by atoms with Gasteiger partial charge in [-0.15, -0.1) is 11.8 Å². The molecule has 18 amide bonds. The number of H-pyrrole nitrogens is 3. The van der Waals surface area contributed by atoms with E-state index in [9.17, 15) is 77.3 Å². The van der Waals surface area contributed by atoms with Gasteiger partial charge in [0.1, 0.15) is 78.3 Å². The molecule has 24 N–H and O–H groups in total. The van der Waals surface area contributed by atoms with E-state index in [1.165, 1.54) is 43.7 Å². The summed E-state index contributed by atoms with van der Waals surface area (Å²) in [6, 6.07) is -0.582. The SMILES string of the molecule is CC(=O)N[C@@H](CC(=O)O)C(=O)N[C@H]1CNC(=O)CSC[C@@H](C(=O)N[C@H](C(N)=O)[C@@H](C)O)NC(=O)[C@H](Cc2c[nH]c3ccccc23)NC(=O)[C@H](C(C)C)NC(=O)[C@H](CC(C)C)NC(=O)C(CCC(=O)Nc2ccc(OC(=O)CCCC[C@@H]3SC[C@@H]4NC(=O)N[C@@H]43)cc2)NC(=O)CNC(=O)[C@H](CC(C)C)NC(=O)[C@H](Cc2c[nH]cn2)NC(=O)[C@H](Cc2c[nH]c3ccccc23)NC(=O)[C@H](C)NC1=O. The summed E-state index contributed by atoms with van der Waals surface area (Å²) < 4.78 is 5.58. The third kappa shape index (κ3) is 32.3. The normalized spacial score (nSPS) is 23.4. The molecule has 0 radical (unpaired) electrons. The number of aliphatic hydroxyl groups excluding tert-OH is 1. The molecule has 1 unspecified atom stereocenters. The van der Waals surface area contributed by atoms with E-state index in [1.807, 2.05) is 0 Å². The fraction of sp³-hybridized carbons (Fsp3) is 0.506. The number of imidazole rings is 1. The van der Waals surface area contributed by atoms with E-state index in [0.717, 1.165) is 26.0 Å². The maximum atomic E-state index is 15.2. The van der Waals surface area contributed by atoms with E-state index in [4.69, 9.17) is 10.5 Å². The summed E-state index contributed by atoms with van der Waals surface area (Å²) in [7, 11) is 0. The van der Waals surface area contributed by atoms with Gasteiger partial charge in [0.15, 0.2) is 0 Å². The van der Waals surface area contributed by atoms with Crippen LogP contribution in [0.1, 0.15) is 137 Å². The lowest BCUT2D eigenvalue weighted by molar-refractivity contribution is -0.141. The number of para-hydroxylation sites is 2. The Morgan fingerprint density at radius 3 is 1.74 bits per heavy atom. The van der Waals surface area contributed by atoms with Crippen LogP contribution in [0.2, 0.25) is 0 Å². The number of thioether (sulfide) groups is 2. The number of carboxylic acid groups (broad SMARTS) is 1. The van der Waals surface area contributed by atoms with Gasteiger partial charge in [0.05, 0.1) is 48.9 Å². The molecular weight excluding hydrogens is 1790 g/mol. The van der Waals surface area contributed by atoms with Crippen LogP contribution >= 0.6 is 23.5 Å². The summed E-state index contributed by atoms with van der Waals surface area (Å²) in [5.41, 5.74) is 8.18. The summed E-state index contributed by atoms with van der Waals surface area (Å²) >= 11 is 2.43. The van der Waals surface area contributed by atoms with Gasteiger partial charge >= 0.3 is 18.0 Å². The molecule has 0 spiro atoms. The van der Waals surface area contributed by atoms with E-state index in [2.05, 4.69) is 110 Å². The second-order valence-electron chi connectivity index (χ2n) is 34.6. The topological polar surface area (TPSA) is 665 Å². The van der Waals surface area contributed by atoms with E-state index in [0.29, 0.717) is 57.5 Å². The first-order valence-electron chi connectivity index (χ1n) is 44.4. The van der Waals surface area contributed by atoms with Crippen LogP contribution in [0.5, 0.6) is 5.75 Å². The average Bonchev–Trinajstić information content (AvgIpc) is 1.68. The Balaban J connectivity index is 1.04. The number of anilines is 1. The number of unbranched alkanes of at least 4 members (excludes halogenated alkanes) is 1. The summed E-state index contributed by atoms with van der Waals surface area (Å²) in [4.78, 5) is 281. The molecular formula is C89H120N22O22S2. The Bertz CT molecular complexity index is 5240. The van der Waals surface area contributed by atoms with Crippen LogP contribution in [0, 0.1) is 17.8 Å². The number of hydrogen-bond acceptors (Lipinski definition) is 24. The summed E-state index contributed by atoms with van der Waals surface area (Å²) in [6.45, 7) is 11.6. The molecule has 135 heavy (non-hydrogen) atoms. The third-order valence-corrected chi connectivity index (χ3v) is 24.9. The van der Waals surface area contributed by atoms with Crippen LogP contribution in [0.4, 0.5) is 10.5 Å². The average molecular weight is 1910 g/mol. The van der Waals surface area contributed by atoms with E-state index >= 15 is 24.0 Å². The van der Waals surface area contributed by atoms with Crippen molar-refractivity contribution in [2.75, 3.05) is 35.7 Å². The zero-order chi connectivity index (χ0) is 98.4. The van der Waals surface area contributed by atoms with Gasteiger partial charge in [0.2, 0.25) is 94.5 Å². The Morgan fingerprint density at radius 1 is 0.578 bits per heavy atom. The van der Waals surface area contributed by atoms with Crippen molar-refractivity contribution >= 4 is 164 Å². The summed E-state index contributed by atoms with van der Waals surface area (Å²) in [6.07, 6.45) is 3.19. The van der Waals surface area contributed by atoms with Crippen molar-refractivity contribution in [3.05, 3.63) is 115 Å². The molecule has 0 bridgehead atoms. The van der Waals surface area contributed by atoms with Crippen molar-refractivity contribution in [3.8, 4) is 5.75 Å². The molecule has 3 aliphatic rings. The highest BCUT2D eigenvalue weighted by atomic mass is 32.2. The molecule has 44 nitrogen and oxygen atoms in total. The first kappa shape index (κ1) is 105. The second kappa shape index (κ2) is 50.4. The van der Waals surface area contributed by atoms with Crippen molar-refractivity contribution in [1.29, 1.82) is 0 Å². The van der Waals surface area contributed by atoms with Gasteiger partial charge in [-0.25, -0.2) is 9.78 Å². The number of carbonyl (C=O) groups excluding carboxylic acids is 18. The number of hydrogen-bond donors (Lipinski definition) is 23. The molecule has 0 saturated carbocycles. The third-order valence-electron chi connectivity index (χ3n) is 22.4. The fourth-order valence-corrected chi connectivity index (χ4v) is 17.8. The van der Waals surface area contributed by atoms with Crippen molar-refractivity contribution in [1.82, 2.24) is 105 Å². The number of carboxylic acids is 1. The molecule has 0 aliphatic carbocycles. The van der Waals surface area contributed by atoms with E-state index in [-0.39, 0.29) is 84.9 Å². The minimum atomic E-state index is -1.93. The van der Waals surface area contributed by atoms with Crippen LogP contribution in [0.15, 0.2) is 97.7 Å². The number of aromatic nitrogens is 4. The Morgan fingerprint density at radius 2 is 1.16 bits per heavy atom. The van der Waals surface area contributed by atoms with E-state index < -0.39 is 241 Å². The number of nitrogens with one attached hydrogen (secondary N) is 20. The van der Waals surface area contributed by atoms with E-state index in [1.54, 1.807) is 114 Å². The summed E-state index contributed by atoms with van der Waals surface area (Å²) in [5.74, 6) is -20.2. The highest BCUT2D eigenvalue weighted by Gasteiger charge is 2.44. The molecule has 6 aromatic rings. The fourth-order valence-electron chi connectivity index (χ4n) is 15.4. The maximum Gasteiger partial charge on any atom is 0.315 e. The Hall–Kier alpha value is -13.7. The number of primary amides is 1. The number of urea groups is 1. The van der Waals surface area contributed by atoms with Gasteiger partial charge in [0.25, 0.3) is 0 Å². The number of aromatic amines is 3. The number of rotatable bonds is 30. The van der Waals surface area contributed by atoms with Crippen molar-refractivity contribution < 1.29 is 106 Å². The molecule has 730 valence electrons. The zero-order valence-electron chi connectivity index (χ0n) is 76.1. The molecule has 9 rings (SSSR count). The van der Waals surface area contributed by atoms with Gasteiger partial charge in [-0.1, -0.05) is 84.4 Å². The van der Waals surface area contributed by atoms with Gasteiger partial charge in [0, 0.05) is 108 Å². The molecule has 6 heterocycles. The largest absolute Gasteiger partial charge is 0.481 e. The van der Waals surface area contributed by atoms with Crippen molar-refractivity contribution in [2.45, 2.75) is 235 Å². The molecule has 46 heteroatoms. The van der Waals surface area contributed by atoms with Crippen LogP contribution < -0.4 is 101 Å². The number of ether oxygens (including phenoxy) is 1. The number of esters is 1. The minimum Gasteiger partial charge on any atom is -0.481 e. The number of nitrogens with zero attached hydrogens (tertiary/aromatic N) is 1. The Kier molecular flexibility index (Phi) is 39.2. The quantitative estimate of drug-likeness (QED) is 0.0104. The van der Waals surface area contributed by atoms with Gasteiger partial charge in [-0.3, -0.25) is 86.3 Å². The standard InChI is InChI=1S/C89H120N22O22S2/c1-43(2)28-59-79(122)95-38-70(115)100-58(26-27-69(114)99-51-22-24-53(25-23-51)133-73(119)21-15-14-20-68-76-66(40-135-68)108-89(132)111-76)80(123)103-60(29-44(3)4)85(128)109-74(45(5)6)88(131)105-62(31-50-35-93-57-19-13-11-17-55(50)57)82(125)107-67(87(130)110-75(47(8)112)77(90)120)39-134-41-71(116)94-37-65(106-84(127)64(33-72(117)118)98-48(9)113)86(129)97-46(7)78(121)101-61(30-49-34-92-56-18-12-10-16-54(49)56)81(124)104-63(83(126)102-59)32-52-36-91-42-96-52/h10-13,16-19,22-25,34-36,42-47,58-68,74-76,92-93,112H,14-15,20-21,26-33,37-41H2,1-9H3,(H2,90,120)(H,91,96)(H,94,116)(H,95,122)(H,97,129)(H,98,113)(H,99,114)(H,100,115)(H,101,121)(H,102,126)(H,103,123)(H,104,124)(H,105,131)(H,106,127)(H,107,125)(H,109,128)(H,110,130)(H,117,118)(H2,108,111,132)/t46-,47+,58?,59-,60-,61-,62-,63-,64-,65-,66-,67-,68-,74-,75-,76-/m0/s1. The Labute approximate surface area is 785 Å². The monoisotopic (exact) mass is 1910 g/mol. The molecule has 3 aliphatic heterocycles. The molecule has 3 aromatic carbocycles. The van der Waals surface area contributed by atoms with Crippen LogP contribution in [0.3, 0.4) is 0 Å². The van der Waals surface area contributed by atoms with Crippen LogP contribution in [-0.2, 0) is 106 Å². The lowest BCUT2D eigenvalue weighted by atomic mass is 9.98. The second-order valence-corrected chi connectivity index (χ2v) is 36.9. The predicted octanol–water partition coefficient (Wildman–Crippen LogP) is -1.62. The van der Waals surface area contributed by atoms with Crippen LogP contribution in [-0.4, -0.2) is 269 Å². The molecule has 16 atom stereocenters. The first-order chi connectivity index (χ1) is 64.1. The number of benzene rings is 3. The predicted molar refractivity (Wildman–Crippen MR) is 495 cm³/mol. The summed E-state index contributed by atoms with van der Waals surface area (Å²) in [5, 5.41) is 65.8. The minimum absolute atomic E-state index is 0.0219. The zero-order valence-corrected chi connectivity index (χ0v) is 77.8. The van der Waals surface area contributed by atoms with Gasteiger partial charge in [-0.2, -0.15) is 11.8 Å². The number of fused-ring (bicyclic) bond motifs is 3. The number of aliphatic carboxylic acids is 1. The van der Waals surface area contributed by atoms with Crippen LogP contribution in [0.25, 0.3) is 21.8 Å². The number of amides is 18.